The standard InChI is InChI=1S/C13H16N4O3S/c1-9-7-12(20-16-9)11-3-2-6-17(11)21(18,19)10-4-5-13(14)15-8-10/h4-5,7-8,11H,2-3,6H2,1H3,(H2,14,15). The molecule has 112 valence electrons. The lowest BCUT2D eigenvalue weighted by molar-refractivity contribution is 0.297. The Bertz CT molecular complexity index is 739. The molecule has 0 aromatic carbocycles. The highest BCUT2D eigenvalue weighted by atomic mass is 32.2. The molecule has 0 aliphatic carbocycles. The van der Waals surface area contributed by atoms with Gasteiger partial charge in [-0.3, -0.25) is 0 Å². The van der Waals surface area contributed by atoms with E-state index in [1.165, 1.54) is 22.6 Å². The van der Waals surface area contributed by atoms with Crippen LogP contribution in [-0.4, -0.2) is 29.4 Å². The molecule has 1 saturated heterocycles. The quantitative estimate of drug-likeness (QED) is 0.921. The van der Waals surface area contributed by atoms with Crippen LogP contribution in [0.4, 0.5) is 5.82 Å². The summed E-state index contributed by atoms with van der Waals surface area (Å²) in [5.41, 5.74) is 6.24. The highest BCUT2D eigenvalue weighted by molar-refractivity contribution is 7.89. The third kappa shape index (κ3) is 2.52. The van der Waals surface area contributed by atoms with Crippen molar-refractivity contribution in [3.8, 4) is 0 Å². The number of aromatic nitrogens is 2. The molecule has 1 aliphatic rings. The van der Waals surface area contributed by atoms with Gasteiger partial charge in [-0.25, -0.2) is 13.4 Å². The Morgan fingerprint density at radius 2 is 2.24 bits per heavy atom. The number of hydrogen-bond acceptors (Lipinski definition) is 6. The van der Waals surface area contributed by atoms with Gasteiger partial charge < -0.3 is 10.3 Å². The Balaban J connectivity index is 1.96. The van der Waals surface area contributed by atoms with Crippen molar-refractivity contribution < 1.29 is 12.9 Å². The average Bonchev–Trinajstić information content (AvgIpc) is 3.07. The minimum atomic E-state index is -3.62. The second-order valence-electron chi connectivity index (χ2n) is 5.06. The van der Waals surface area contributed by atoms with E-state index in [2.05, 4.69) is 10.1 Å². The van der Waals surface area contributed by atoms with Gasteiger partial charge in [0.25, 0.3) is 0 Å². The van der Waals surface area contributed by atoms with E-state index in [1.54, 1.807) is 6.07 Å². The molecule has 1 unspecified atom stereocenters. The third-order valence-electron chi connectivity index (χ3n) is 3.54. The number of anilines is 1. The van der Waals surface area contributed by atoms with Crippen molar-refractivity contribution in [3.63, 3.8) is 0 Å². The van der Waals surface area contributed by atoms with Crippen LogP contribution in [0.2, 0.25) is 0 Å². The molecule has 1 aliphatic heterocycles. The lowest BCUT2D eigenvalue weighted by Crippen LogP contribution is -2.30. The number of hydrogen-bond donors (Lipinski definition) is 1. The van der Waals surface area contributed by atoms with Crippen molar-refractivity contribution in [2.75, 3.05) is 12.3 Å². The summed E-state index contributed by atoms with van der Waals surface area (Å²) < 4.78 is 32.1. The fraction of sp³-hybridized carbons (Fsp3) is 0.385. The number of rotatable bonds is 3. The van der Waals surface area contributed by atoms with Crippen LogP contribution in [0.15, 0.2) is 33.8 Å². The molecule has 3 rings (SSSR count). The largest absolute Gasteiger partial charge is 0.384 e. The third-order valence-corrected chi connectivity index (χ3v) is 5.44. The number of pyridine rings is 1. The van der Waals surface area contributed by atoms with Gasteiger partial charge in [-0.1, -0.05) is 5.16 Å². The minimum absolute atomic E-state index is 0.139. The zero-order chi connectivity index (χ0) is 15.0. The monoisotopic (exact) mass is 308 g/mol. The molecule has 8 heteroatoms. The van der Waals surface area contributed by atoms with Crippen molar-refractivity contribution in [1.82, 2.24) is 14.4 Å². The second kappa shape index (κ2) is 5.12. The van der Waals surface area contributed by atoms with Crippen molar-refractivity contribution in [2.45, 2.75) is 30.7 Å². The average molecular weight is 308 g/mol. The number of sulfonamides is 1. The fourth-order valence-electron chi connectivity index (χ4n) is 2.53. The lowest BCUT2D eigenvalue weighted by atomic mass is 10.2. The normalized spacial score (nSPS) is 20.0. The molecule has 0 spiro atoms. The van der Waals surface area contributed by atoms with E-state index in [-0.39, 0.29) is 16.8 Å². The first-order valence-corrected chi connectivity index (χ1v) is 8.09. The first-order valence-electron chi connectivity index (χ1n) is 6.65. The summed E-state index contributed by atoms with van der Waals surface area (Å²) in [6, 6.07) is 4.42. The zero-order valence-electron chi connectivity index (χ0n) is 11.6. The van der Waals surface area contributed by atoms with Crippen LogP contribution < -0.4 is 5.73 Å². The first kappa shape index (κ1) is 14.0. The van der Waals surface area contributed by atoms with E-state index in [0.717, 1.165) is 18.5 Å². The molecule has 21 heavy (non-hydrogen) atoms. The van der Waals surface area contributed by atoms with Gasteiger partial charge in [-0.2, -0.15) is 4.31 Å². The molecule has 0 radical (unpaired) electrons. The number of nitrogen functional groups attached to an aromatic ring is 1. The predicted molar refractivity (Wildman–Crippen MR) is 75.8 cm³/mol. The summed E-state index contributed by atoms with van der Waals surface area (Å²) >= 11 is 0. The summed E-state index contributed by atoms with van der Waals surface area (Å²) in [5.74, 6) is 0.870. The molecular weight excluding hydrogens is 292 g/mol. The van der Waals surface area contributed by atoms with Crippen LogP contribution in [-0.2, 0) is 10.0 Å². The summed E-state index contributed by atoms with van der Waals surface area (Å²) in [5, 5.41) is 3.84. The molecule has 2 aromatic rings. The van der Waals surface area contributed by atoms with Gasteiger partial charge >= 0.3 is 0 Å². The van der Waals surface area contributed by atoms with E-state index >= 15 is 0 Å². The summed E-state index contributed by atoms with van der Waals surface area (Å²) in [6.45, 7) is 2.27. The van der Waals surface area contributed by atoms with Gasteiger partial charge in [0, 0.05) is 18.8 Å². The van der Waals surface area contributed by atoms with Crippen LogP contribution in [0.1, 0.15) is 30.3 Å². The smallest absolute Gasteiger partial charge is 0.245 e. The van der Waals surface area contributed by atoms with Crippen molar-refractivity contribution >= 4 is 15.8 Å². The predicted octanol–water partition coefficient (Wildman–Crippen LogP) is 1.49. The Morgan fingerprint density at radius 3 is 2.86 bits per heavy atom. The SMILES string of the molecule is Cc1cc(C2CCCN2S(=O)(=O)c2ccc(N)nc2)on1. The minimum Gasteiger partial charge on any atom is -0.384 e. The van der Waals surface area contributed by atoms with Crippen molar-refractivity contribution in [3.05, 3.63) is 35.9 Å². The summed E-state index contributed by atoms with van der Waals surface area (Å²) in [7, 11) is -3.62. The van der Waals surface area contributed by atoms with Crippen molar-refractivity contribution in [1.29, 1.82) is 0 Å². The van der Waals surface area contributed by atoms with Gasteiger partial charge in [-0.05, 0) is 31.9 Å². The van der Waals surface area contributed by atoms with Gasteiger partial charge in [-0.15, -0.1) is 0 Å². The molecule has 0 bridgehead atoms. The molecule has 7 nitrogen and oxygen atoms in total. The van der Waals surface area contributed by atoms with Crippen LogP contribution >= 0.6 is 0 Å². The Kier molecular flexibility index (Phi) is 3.42. The topological polar surface area (TPSA) is 102 Å². The second-order valence-corrected chi connectivity index (χ2v) is 6.95. The molecule has 1 atom stereocenters. The Morgan fingerprint density at radius 1 is 1.43 bits per heavy atom. The van der Waals surface area contributed by atoms with Crippen LogP contribution in [0.25, 0.3) is 0 Å². The fourth-order valence-corrected chi connectivity index (χ4v) is 4.14. The molecule has 0 saturated carbocycles. The van der Waals surface area contributed by atoms with E-state index in [0.29, 0.717) is 12.3 Å². The van der Waals surface area contributed by atoms with Crippen LogP contribution in [0.3, 0.4) is 0 Å². The Labute approximate surface area is 122 Å². The van der Waals surface area contributed by atoms with Crippen molar-refractivity contribution in [2.24, 2.45) is 0 Å². The molecule has 2 N–H and O–H groups in total. The number of aryl methyl sites for hydroxylation is 1. The van der Waals surface area contributed by atoms with Gasteiger partial charge in [0.15, 0.2) is 5.76 Å². The highest BCUT2D eigenvalue weighted by Gasteiger charge is 2.38. The lowest BCUT2D eigenvalue weighted by Gasteiger charge is -2.21. The Hall–Kier alpha value is -1.93. The molecular formula is C13H16N4O3S. The molecule has 1 fully saturated rings. The highest BCUT2D eigenvalue weighted by Crippen LogP contribution is 2.36. The van der Waals surface area contributed by atoms with Gasteiger partial charge in [0.05, 0.1) is 11.7 Å². The first-order chi connectivity index (χ1) is 9.98. The molecule has 3 heterocycles. The molecule has 2 aromatic heterocycles. The van der Waals surface area contributed by atoms with E-state index in [9.17, 15) is 8.42 Å². The van der Waals surface area contributed by atoms with E-state index < -0.39 is 10.0 Å². The zero-order valence-corrected chi connectivity index (χ0v) is 12.4. The van der Waals surface area contributed by atoms with E-state index in [4.69, 9.17) is 10.3 Å². The molecule has 0 amide bonds. The van der Waals surface area contributed by atoms with Crippen LogP contribution in [0.5, 0.6) is 0 Å². The number of nitrogens with two attached hydrogens (primary N) is 1. The maximum Gasteiger partial charge on any atom is 0.245 e. The summed E-state index contributed by atoms with van der Waals surface area (Å²) in [6.07, 6.45) is 2.79. The number of nitrogens with zero attached hydrogens (tertiary/aromatic N) is 3. The summed E-state index contributed by atoms with van der Waals surface area (Å²) in [4.78, 5) is 3.99. The van der Waals surface area contributed by atoms with Gasteiger partial charge in [0.1, 0.15) is 10.7 Å². The maximum absolute atomic E-state index is 12.7. The van der Waals surface area contributed by atoms with Gasteiger partial charge in [0.2, 0.25) is 10.0 Å². The van der Waals surface area contributed by atoms with E-state index in [1.807, 2.05) is 6.92 Å². The maximum atomic E-state index is 12.7. The van der Waals surface area contributed by atoms with Crippen LogP contribution in [0, 0.1) is 6.92 Å².